The van der Waals surface area contributed by atoms with Crippen molar-refractivity contribution in [1.29, 1.82) is 0 Å². The van der Waals surface area contributed by atoms with Crippen molar-refractivity contribution in [3.8, 4) is 0 Å². The van der Waals surface area contributed by atoms with E-state index < -0.39 is 0 Å². The maximum atomic E-state index is 12.0. The zero-order valence-corrected chi connectivity index (χ0v) is 12.7. The van der Waals surface area contributed by atoms with Gasteiger partial charge in [-0.2, -0.15) is 0 Å². The van der Waals surface area contributed by atoms with Crippen LogP contribution in [0.1, 0.15) is 53.9 Å². The van der Waals surface area contributed by atoms with Crippen LogP contribution in [0.4, 0.5) is 0 Å². The predicted octanol–water partition coefficient (Wildman–Crippen LogP) is 2.56. The molecular weight excluding hydrogens is 224 g/mol. The lowest BCUT2D eigenvalue weighted by molar-refractivity contribution is -0.123. The van der Waals surface area contributed by atoms with Gasteiger partial charge in [0.15, 0.2) is 0 Å². The minimum absolute atomic E-state index is 0.201. The molecule has 1 rings (SSSR count). The standard InChI is InChI=1S/C15H30N2O/c1-11(15(3,4)5)9-14(18)17-12(2)13-7-6-8-16-10-13/h11-13,16H,6-10H2,1-5H3,(H,17,18). The van der Waals surface area contributed by atoms with Crippen LogP contribution < -0.4 is 10.6 Å². The molecule has 0 spiro atoms. The van der Waals surface area contributed by atoms with E-state index in [0.717, 1.165) is 13.1 Å². The summed E-state index contributed by atoms with van der Waals surface area (Å²) in [7, 11) is 0. The molecule has 0 aromatic heterocycles. The van der Waals surface area contributed by atoms with Crippen molar-refractivity contribution in [2.75, 3.05) is 13.1 Å². The second-order valence-corrected chi connectivity index (χ2v) is 6.93. The minimum Gasteiger partial charge on any atom is -0.353 e. The summed E-state index contributed by atoms with van der Waals surface area (Å²) < 4.78 is 0. The van der Waals surface area contributed by atoms with Gasteiger partial charge in [0, 0.05) is 12.5 Å². The number of rotatable bonds is 4. The van der Waals surface area contributed by atoms with E-state index in [4.69, 9.17) is 0 Å². The zero-order chi connectivity index (χ0) is 13.8. The van der Waals surface area contributed by atoms with Crippen molar-refractivity contribution in [3.63, 3.8) is 0 Å². The molecule has 3 nitrogen and oxygen atoms in total. The summed E-state index contributed by atoms with van der Waals surface area (Å²) in [5.74, 6) is 1.21. The predicted molar refractivity (Wildman–Crippen MR) is 76.4 cm³/mol. The highest BCUT2D eigenvalue weighted by molar-refractivity contribution is 5.76. The molecule has 3 heteroatoms. The number of hydrogen-bond acceptors (Lipinski definition) is 2. The van der Waals surface area contributed by atoms with Crippen LogP contribution in [0.2, 0.25) is 0 Å². The van der Waals surface area contributed by atoms with Crippen molar-refractivity contribution < 1.29 is 4.79 Å². The van der Waals surface area contributed by atoms with Crippen LogP contribution in [0.5, 0.6) is 0 Å². The van der Waals surface area contributed by atoms with Gasteiger partial charge in [0.1, 0.15) is 0 Å². The smallest absolute Gasteiger partial charge is 0.220 e. The summed E-state index contributed by atoms with van der Waals surface area (Å²) in [5.41, 5.74) is 0.201. The van der Waals surface area contributed by atoms with Crippen LogP contribution in [0.15, 0.2) is 0 Å². The number of carbonyl (C=O) groups excluding carboxylic acids is 1. The van der Waals surface area contributed by atoms with Crippen LogP contribution in [0.25, 0.3) is 0 Å². The molecule has 0 aromatic rings. The second kappa shape index (κ2) is 6.55. The second-order valence-electron chi connectivity index (χ2n) is 6.93. The maximum absolute atomic E-state index is 12.0. The molecule has 106 valence electrons. The lowest BCUT2D eigenvalue weighted by Crippen LogP contribution is -2.45. The number of piperidine rings is 1. The summed E-state index contributed by atoms with van der Waals surface area (Å²) in [5, 5.41) is 6.58. The van der Waals surface area contributed by atoms with E-state index in [-0.39, 0.29) is 17.4 Å². The van der Waals surface area contributed by atoms with Crippen LogP contribution in [-0.2, 0) is 4.79 Å². The summed E-state index contributed by atoms with van der Waals surface area (Å²) in [4.78, 5) is 12.0. The van der Waals surface area contributed by atoms with Crippen molar-refractivity contribution >= 4 is 5.91 Å². The first-order valence-electron chi connectivity index (χ1n) is 7.30. The molecule has 2 N–H and O–H groups in total. The van der Waals surface area contributed by atoms with E-state index >= 15 is 0 Å². The lowest BCUT2D eigenvalue weighted by atomic mass is 9.80. The highest BCUT2D eigenvalue weighted by Crippen LogP contribution is 2.28. The molecule has 0 saturated carbocycles. The Labute approximate surface area is 112 Å². The Morgan fingerprint density at radius 2 is 2.06 bits per heavy atom. The minimum atomic E-state index is 0.201. The fraction of sp³-hybridized carbons (Fsp3) is 0.933. The fourth-order valence-corrected chi connectivity index (χ4v) is 2.32. The molecule has 3 atom stereocenters. The fourth-order valence-electron chi connectivity index (χ4n) is 2.32. The van der Waals surface area contributed by atoms with Gasteiger partial charge in [0.2, 0.25) is 5.91 Å². The third-order valence-corrected chi connectivity index (χ3v) is 4.40. The van der Waals surface area contributed by atoms with Gasteiger partial charge in [0.25, 0.3) is 0 Å². The van der Waals surface area contributed by atoms with Gasteiger partial charge in [-0.05, 0) is 50.1 Å². The molecule has 1 aliphatic heterocycles. The topological polar surface area (TPSA) is 41.1 Å². The van der Waals surface area contributed by atoms with Crippen molar-refractivity contribution in [2.45, 2.75) is 59.9 Å². The lowest BCUT2D eigenvalue weighted by Gasteiger charge is -2.31. The molecule has 1 amide bonds. The van der Waals surface area contributed by atoms with Crippen molar-refractivity contribution in [2.24, 2.45) is 17.3 Å². The molecule has 1 aliphatic rings. The molecule has 0 radical (unpaired) electrons. The largest absolute Gasteiger partial charge is 0.353 e. The number of carbonyl (C=O) groups is 1. The van der Waals surface area contributed by atoms with E-state index in [1.807, 2.05) is 0 Å². The first-order chi connectivity index (χ1) is 8.30. The van der Waals surface area contributed by atoms with Crippen LogP contribution in [0, 0.1) is 17.3 Å². The van der Waals surface area contributed by atoms with Crippen molar-refractivity contribution in [1.82, 2.24) is 10.6 Å². The highest BCUT2D eigenvalue weighted by Gasteiger charge is 2.25. The zero-order valence-electron chi connectivity index (χ0n) is 12.7. The van der Waals surface area contributed by atoms with Gasteiger partial charge in [0.05, 0.1) is 0 Å². The van der Waals surface area contributed by atoms with E-state index in [0.29, 0.717) is 18.3 Å². The number of nitrogens with one attached hydrogen (secondary N) is 2. The third kappa shape index (κ3) is 4.97. The monoisotopic (exact) mass is 254 g/mol. The van der Waals surface area contributed by atoms with Gasteiger partial charge < -0.3 is 10.6 Å². The molecule has 1 fully saturated rings. The number of amides is 1. The normalized spacial score (nSPS) is 24.4. The Kier molecular flexibility index (Phi) is 5.64. The Bertz CT molecular complexity index is 264. The van der Waals surface area contributed by atoms with Gasteiger partial charge in [-0.25, -0.2) is 0 Å². The Hall–Kier alpha value is -0.570. The molecule has 0 aromatic carbocycles. The van der Waals surface area contributed by atoms with Crippen molar-refractivity contribution in [3.05, 3.63) is 0 Å². The van der Waals surface area contributed by atoms with Gasteiger partial charge >= 0.3 is 0 Å². The van der Waals surface area contributed by atoms with E-state index in [1.165, 1.54) is 12.8 Å². The highest BCUT2D eigenvalue weighted by atomic mass is 16.1. The average Bonchev–Trinajstić information content (AvgIpc) is 2.28. The molecule has 3 unspecified atom stereocenters. The molecular formula is C15H30N2O. The summed E-state index contributed by atoms with van der Waals surface area (Å²) in [6, 6.07) is 0.289. The summed E-state index contributed by atoms with van der Waals surface area (Å²) in [6.45, 7) is 13.0. The maximum Gasteiger partial charge on any atom is 0.220 e. The van der Waals surface area contributed by atoms with Crippen LogP contribution in [-0.4, -0.2) is 25.0 Å². The molecule has 1 heterocycles. The third-order valence-electron chi connectivity index (χ3n) is 4.40. The summed E-state index contributed by atoms with van der Waals surface area (Å²) in [6.07, 6.45) is 3.08. The van der Waals surface area contributed by atoms with Gasteiger partial charge in [-0.1, -0.05) is 27.7 Å². The molecule has 0 bridgehead atoms. The van der Waals surface area contributed by atoms with Gasteiger partial charge in [-0.3, -0.25) is 4.79 Å². The molecule has 1 saturated heterocycles. The van der Waals surface area contributed by atoms with E-state index in [1.54, 1.807) is 0 Å². The Balaban J connectivity index is 2.35. The summed E-state index contributed by atoms with van der Waals surface area (Å²) >= 11 is 0. The van der Waals surface area contributed by atoms with Gasteiger partial charge in [-0.15, -0.1) is 0 Å². The van der Waals surface area contributed by atoms with E-state index in [9.17, 15) is 4.79 Å². The van der Waals surface area contributed by atoms with Crippen LogP contribution >= 0.6 is 0 Å². The molecule has 18 heavy (non-hydrogen) atoms. The Morgan fingerprint density at radius 3 is 2.56 bits per heavy atom. The van der Waals surface area contributed by atoms with Crippen LogP contribution in [0.3, 0.4) is 0 Å². The SMILES string of the molecule is CC(NC(=O)CC(C)C(C)(C)C)C1CCCNC1. The number of hydrogen-bond donors (Lipinski definition) is 2. The first-order valence-corrected chi connectivity index (χ1v) is 7.30. The molecule has 0 aliphatic carbocycles. The first kappa shape index (κ1) is 15.5. The van der Waals surface area contributed by atoms with E-state index in [2.05, 4.69) is 45.3 Å². The quantitative estimate of drug-likeness (QED) is 0.809. The Morgan fingerprint density at radius 1 is 1.39 bits per heavy atom. The average molecular weight is 254 g/mol.